The predicted molar refractivity (Wildman–Crippen MR) is 281 cm³/mol. The molecule has 0 spiro atoms. The first-order valence-corrected chi connectivity index (χ1v) is 23.7. The van der Waals surface area contributed by atoms with Crippen LogP contribution in [0.4, 0.5) is 39.0 Å². The molecule has 10 aromatic rings. The quantitative estimate of drug-likeness (QED) is 0.124. The second-order valence-corrected chi connectivity index (χ2v) is 18.3. The predicted octanol–water partition coefficient (Wildman–Crippen LogP) is 17.5. The summed E-state index contributed by atoms with van der Waals surface area (Å²) in [5.74, 6) is -2.61. The molecule has 0 aliphatic heterocycles. The molecule has 0 heterocycles. The zero-order valence-corrected chi connectivity index (χ0v) is 38.7. The molecule has 2 unspecified atom stereocenters. The van der Waals surface area contributed by atoms with E-state index in [9.17, 15) is 4.39 Å². The van der Waals surface area contributed by atoms with E-state index in [2.05, 4.69) is 30.2 Å². The van der Waals surface area contributed by atoms with Gasteiger partial charge in [0.2, 0.25) is 0 Å². The zero-order valence-electron chi connectivity index (χ0n) is 38.7. The van der Waals surface area contributed by atoms with Gasteiger partial charge in [0.05, 0.1) is 10.8 Å². The second-order valence-electron chi connectivity index (χ2n) is 18.3. The SMILES string of the molecule is C=Cc1ccc(C2(c3cc(F)ccc3F)c3ccccc3-c3ccc(N(c4ccc(-c5ccc(F)cc5)cc4)c4ccc5c(c4)C(c4ccc(C=C)cc4)(c4cc(F)ccc4F)c4ccccc4-5)cc32)cc1. The van der Waals surface area contributed by atoms with Crippen molar-refractivity contribution in [3.05, 3.63) is 316 Å². The maximum absolute atomic E-state index is 16.9. The molecule has 0 saturated heterocycles. The summed E-state index contributed by atoms with van der Waals surface area (Å²) >= 11 is 0. The molecule has 0 saturated carbocycles. The Morgan fingerprint density at radius 3 is 1.12 bits per heavy atom. The Balaban J connectivity index is 1.15. The minimum atomic E-state index is -1.33. The summed E-state index contributed by atoms with van der Waals surface area (Å²) in [6, 6.07) is 65.0. The maximum Gasteiger partial charge on any atom is 0.128 e. The summed E-state index contributed by atoms with van der Waals surface area (Å²) < 4.78 is 79.4. The molecule has 0 N–H and O–H groups in total. The summed E-state index contributed by atoms with van der Waals surface area (Å²) in [5.41, 5.74) is 11.2. The molecule has 346 valence electrons. The highest BCUT2D eigenvalue weighted by molar-refractivity contribution is 5.92. The first-order chi connectivity index (χ1) is 35.1. The monoisotopic (exact) mass is 943 g/mol. The fraction of sp³-hybridized carbons (Fsp3) is 0.0303. The van der Waals surface area contributed by atoms with Crippen molar-refractivity contribution in [2.24, 2.45) is 0 Å². The molecular formula is C66H42F5N. The summed E-state index contributed by atoms with van der Waals surface area (Å²) in [5, 5.41) is 0. The minimum Gasteiger partial charge on any atom is -0.310 e. The van der Waals surface area contributed by atoms with E-state index in [-0.39, 0.29) is 16.9 Å². The van der Waals surface area contributed by atoms with Gasteiger partial charge in [0.15, 0.2) is 0 Å². The normalized spacial score (nSPS) is 16.1. The Labute approximate surface area is 414 Å². The third-order valence-electron chi connectivity index (χ3n) is 14.7. The van der Waals surface area contributed by atoms with Crippen LogP contribution in [0, 0.1) is 29.1 Å². The maximum atomic E-state index is 16.9. The Kier molecular flexibility index (Phi) is 10.6. The number of hydrogen-bond acceptors (Lipinski definition) is 1. The number of nitrogens with zero attached hydrogens (tertiary/aromatic N) is 1. The number of hydrogen-bond donors (Lipinski definition) is 0. The van der Waals surface area contributed by atoms with E-state index in [0.29, 0.717) is 11.4 Å². The summed E-state index contributed by atoms with van der Waals surface area (Å²) in [7, 11) is 0. The van der Waals surface area contributed by atoms with Crippen LogP contribution in [0.2, 0.25) is 0 Å². The van der Waals surface area contributed by atoms with Crippen molar-refractivity contribution in [3.63, 3.8) is 0 Å². The standard InChI is InChI=1S/C66H42F5N/c1-3-41-13-21-45(22-14-41)65(61-37-48(68)27-35-63(61)70)57-11-7-5-9-53(57)55-33-31-51(39-59(55)65)72(50-29-19-44(20-30-50)43-17-25-47(67)26-18-43)52-32-34-56-54-10-6-8-12-58(54)66(60(56)40-52,46-23-15-42(4-2)16-24-46)62-38-49(69)28-36-64(62)71/h3-40H,1-2H2. The lowest BCUT2D eigenvalue weighted by Gasteiger charge is -2.36. The van der Waals surface area contributed by atoms with Crippen molar-refractivity contribution in [3.8, 4) is 33.4 Å². The number of benzene rings is 10. The fourth-order valence-corrected chi connectivity index (χ4v) is 11.5. The molecule has 0 aromatic heterocycles. The highest BCUT2D eigenvalue weighted by Gasteiger charge is 2.50. The molecule has 1 nitrogen and oxygen atoms in total. The molecular weight excluding hydrogens is 902 g/mol. The smallest absolute Gasteiger partial charge is 0.128 e. The highest BCUT2D eigenvalue weighted by atomic mass is 19.1. The van der Waals surface area contributed by atoms with Gasteiger partial charge >= 0.3 is 0 Å². The van der Waals surface area contributed by atoms with E-state index in [4.69, 9.17) is 0 Å². The Hall–Kier alpha value is -8.87. The lowest BCUT2D eigenvalue weighted by molar-refractivity contribution is 0.564. The average molecular weight is 944 g/mol. The lowest BCUT2D eigenvalue weighted by Crippen LogP contribution is -2.30. The number of fused-ring (bicyclic) bond motifs is 6. The Morgan fingerprint density at radius 2 is 0.694 bits per heavy atom. The van der Waals surface area contributed by atoms with Crippen LogP contribution in [0.25, 0.3) is 45.5 Å². The van der Waals surface area contributed by atoms with Crippen LogP contribution in [0.15, 0.2) is 232 Å². The third kappa shape index (κ3) is 6.74. The molecule has 0 amide bonds. The first kappa shape index (κ1) is 44.3. The fourth-order valence-electron chi connectivity index (χ4n) is 11.5. The minimum absolute atomic E-state index is 0.159. The molecule has 0 radical (unpaired) electrons. The van der Waals surface area contributed by atoms with Crippen molar-refractivity contribution < 1.29 is 22.0 Å². The Morgan fingerprint density at radius 1 is 0.319 bits per heavy atom. The van der Waals surface area contributed by atoms with Crippen molar-refractivity contribution in [1.82, 2.24) is 0 Å². The van der Waals surface area contributed by atoms with Gasteiger partial charge in [-0.1, -0.05) is 159 Å². The molecule has 0 fully saturated rings. The molecule has 2 aliphatic rings. The van der Waals surface area contributed by atoms with E-state index >= 15 is 17.6 Å². The van der Waals surface area contributed by atoms with Crippen LogP contribution < -0.4 is 4.90 Å². The molecule has 12 rings (SSSR count). The van der Waals surface area contributed by atoms with E-state index in [1.165, 1.54) is 36.4 Å². The number of anilines is 3. The largest absolute Gasteiger partial charge is 0.310 e. The van der Waals surface area contributed by atoms with Gasteiger partial charge in [-0.15, -0.1) is 0 Å². The van der Waals surface area contributed by atoms with Crippen molar-refractivity contribution in [2.75, 3.05) is 4.90 Å². The van der Waals surface area contributed by atoms with Crippen LogP contribution >= 0.6 is 0 Å². The van der Waals surface area contributed by atoms with Crippen LogP contribution in [0.3, 0.4) is 0 Å². The number of rotatable bonds is 10. The first-order valence-electron chi connectivity index (χ1n) is 23.7. The summed E-state index contributed by atoms with van der Waals surface area (Å²) in [4.78, 5) is 2.10. The van der Waals surface area contributed by atoms with Crippen LogP contribution in [0.5, 0.6) is 0 Å². The van der Waals surface area contributed by atoms with Crippen LogP contribution in [0.1, 0.15) is 55.6 Å². The molecule has 2 aliphatic carbocycles. The van der Waals surface area contributed by atoms with Gasteiger partial charge in [-0.25, -0.2) is 22.0 Å². The Bertz CT molecular complexity index is 3580. The van der Waals surface area contributed by atoms with Gasteiger partial charge in [0, 0.05) is 28.2 Å². The van der Waals surface area contributed by atoms with Gasteiger partial charge in [0.25, 0.3) is 0 Å². The van der Waals surface area contributed by atoms with Crippen LogP contribution in [-0.2, 0) is 10.8 Å². The lowest BCUT2D eigenvalue weighted by atomic mass is 9.67. The average Bonchev–Trinajstić information content (AvgIpc) is 3.88. The van der Waals surface area contributed by atoms with Crippen molar-refractivity contribution in [2.45, 2.75) is 10.8 Å². The van der Waals surface area contributed by atoms with Gasteiger partial charge in [-0.3, -0.25) is 0 Å². The van der Waals surface area contributed by atoms with Gasteiger partial charge in [-0.2, -0.15) is 0 Å². The molecule has 10 aromatic carbocycles. The van der Waals surface area contributed by atoms with Gasteiger partial charge in [0.1, 0.15) is 29.1 Å². The van der Waals surface area contributed by atoms with Gasteiger partial charge in [-0.05, 0) is 163 Å². The molecule has 6 heteroatoms. The van der Waals surface area contributed by atoms with Crippen molar-refractivity contribution >= 4 is 29.2 Å². The van der Waals surface area contributed by atoms with Gasteiger partial charge < -0.3 is 4.90 Å². The van der Waals surface area contributed by atoms with Crippen molar-refractivity contribution in [1.29, 1.82) is 0 Å². The number of halogens is 5. The molecule has 0 bridgehead atoms. The van der Waals surface area contributed by atoms with E-state index in [0.717, 1.165) is 95.7 Å². The zero-order chi connectivity index (χ0) is 49.3. The molecule has 72 heavy (non-hydrogen) atoms. The topological polar surface area (TPSA) is 3.24 Å². The van der Waals surface area contributed by atoms with E-state index in [1.54, 1.807) is 24.3 Å². The molecule has 2 atom stereocenters. The second kappa shape index (κ2) is 17.2. The third-order valence-corrected chi connectivity index (χ3v) is 14.7. The van der Waals surface area contributed by atoms with E-state index < -0.39 is 34.1 Å². The summed E-state index contributed by atoms with van der Waals surface area (Å²) in [6.45, 7) is 7.94. The van der Waals surface area contributed by atoms with E-state index in [1.807, 2.05) is 146 Å². The summed E-state index contributed by atoms with van der Waals surface area (Å²) in [6.07, 6.45) is 3.49. The highest BCUT2D eigenvalue weighted by Crippen LogP contribution is 2.60. The van der Waals surface area contributed by atoms with Crippen LogP contribution in [-0.4, -0.2) is 0 Å².